The number of ether oxygens (including phenoxy) is 5. The number of rotatable bonds is 36. The van der Waals surface area contributed by atoms with Gasteiger partial charge in [-0.25, -0.2) is 9.59 Å². The van der Waals surface area contributed by atoms with E-state index in [9.17, 15) is 71.9 Å². The van der Waals surface area contributed by atoms with Crippen molar-refractivity contribution in [1.82, 2.24) is 68.3 Å². The van der Waals surface area contributed by atoms with Crippen LogP contribution in [0.25, 0.3) is 0 Å². The number of amides is 12. The van der Waals surface area contributed by atoms with E-state index in [-0.39, 0.29) is 141 Å². The molecule has 0 spiro atoms. The Kier molecular flexibility index (Phi) is 54.2. The number of piperazine rings is 1. The Hall–Kier alpha value is -12.8. The molecule has 1 fully saturated rings. The fourth-order valence-corrected chi connectivity index (χ4v) is 11.7. The predicted molar refractivity (Wildman–Crippen MR) is 536 cm³/mol. The first-order chi connectivity index (χ1) is 65.3. The molecule has 1 aliphatic heterocycles. The zero-order valence-electron chi connectivity index (χ0n) is 86.6. The second-order valence-corrected chi connectivity index (χ2v) is 40.3. The van der Waals surface area contributed by atoms with Crippen LogP contribution in [-0.2, 0) is 106 Å². The maximum Gasteiger partial charge on any atom is 0.332 e. The molecule has 6 aromatic carbocycles. The Morgan fingerprint density at radius 3 is 0.779 bits per heavy atom. The molecule has 1 heterocycles. The van der Waals surface area contributed by atoms with Gasteiger partial charge in [0.05, 0.1) is 32.8 Å². The topological polar surface area (TPSA) is 481 Å². The number of carbonyl (C=O) groups excluding carboxylic acids is 15. The lowest BCUT2D eigenvalue weighted by Crippen LogP contribution is -2.50. The summed E-state index contributed by atoms with van der Waals surface area (Å²) in [6.45, 7) is 49.2. The Labute approximate surface area is 826 Å². The largest absolute Gasteiger partial charge is 0.464 e. The molecule has 0 bridgehead atoms. The van der Waals surface area contributed by atoms with E-state index in [1.54, 1.807) is 92.0 Å². The second-order valence-electron chi connectivity index (χ2n) is 40.3. The molecule has 7 rings (SSSR count). The van der Waals surface area contributed by atoms with Crippen LogP contribution in [-0.4, -0.2) is 235 Å². The number of aliphatic hydroxyl groups is 2. The minimum atomic E-state index is -0.735. The Bertz CT molecular complexity index is 5000. The van der Waals surface area contributed by atoms with Crippen molar-refractivity contribution in [2.75, 3.05) is 126 Å². The number of hydrogen-bond acceptors (Lipinski definition) is 23. The molecule has 0 radical (unpaired) electrons. The summed E-state index contributed by atoms with van der Waals surface area (Å²) in [5, 5.41) is 47.6. The highest BCUT2D eigenvalue weighted by Crippen LogP contribution is 2.23. The first kappa shape index (κ1) is 123. The van der Waals surface area contributed by atoms with Gasteiger partial charge in [0.25, 0.3) is 35.4 Å². The monoisotopic (exact) mass is 1950 g/mol. The minimum Gasteiger partial charge on any atom is -0.464 e. The summed E-state index contributed by atoms with van der Waals surface area (Å²) >= 11 is 0. The first-order valence-corrected chi connectivity index (χ1v) is 46.6. The van der Waals surface area contributed by atoms with E-state index in [1.807, 2.05) is 190 Å². The molecule has 0 saturated carbocycles. The van der Waals surface area contributed by atoms with Crippen molar-refractivity contribution in [2.24, 2.45) is 37.9 Å². The summed E-state index contributed by atoms with van der Waals surface area (Å²) in [5.41, 5.74) is 6.02. The number of esters is 3. The SMILES string of the molecule is CC(=O)OCCNC(=O)c1cccc(CNC(=O)C(C)(C)C)c1.CC(C)(C)C(=O)NCc1cccc(C(=O)NCCO)c1.CC(C)(C)C(=O)NCc1cccc(C(=O)NCCOC(=O)CO)c1.CC(C)(C)CN1CCN(C(=O)c2cccc(CNC(=O)C(C)(C)C)c2)CC1.COCC(=O)OCCNC(=O)c1cccc(CNC(=O)C(C)(C)C)c1.COCCNC(=O)c1cccc(CNC(=O)C(C)(C)C)c1. The highest BCUT2D eigenvalue weighted by atomic mass is 16.6. The molecule has 0 aliphatic carbocycles. The van der Waals surface area contributed by atoms with Crippen LogP contribution in [0.4, 0.5) is 0 Å². The number of hydrogen-bond donors (Lipinski definition) is 13. The number of methoxy groups -OCH3 is 2. The smallest absolute Gasteiger partial charge is 0.332 e. The third kappa shape index (κ3) is 52.8. The summed E-state index contributed by atoms with van der Waals surface area (Å²) in [5.74, 6) is -2.93. The average molecular weight is 1950 g/mol. The molecule has 0 atom stereocenters. The van der Waals surface area contributed by atoms with Crippen LogP contribution in [0.2, 0.25) is 0 Å². The van der Waals surface area contributed by atoms with E-state index in [2.05, 4.69) is 93.6 Å². The van der Waals surface area contributed by atoms with Crippen molar-refractivity contribution in [2.45, 2.75) is 192 Å². The number of benzene rings is 6. The molecule has 35 heteroatoms. The molecule has 772 valence electrons. The van der Waals surface area contributed by atoms with Gasteiger partial charge in [0, 0.05) is 172 Å². The number of nitrogens with one attached hydrogen (secondary N) is 11. The molecule has 1 saturated heterocycles. The van der Waals surface area contributed by atoms with E-state index < -0.39 is 51.0 Å². The van der Waals surface area contributed by atoms with E-state index in [0.717, 1.165) is 66.1 Å². The molecule has 1 aliphatic rings. The fourth-order valence-electron chi connectivity index (χ4n) is 11.7. The zero-order chi connectivity index (χ0) is 106. The summed E-state index contributed by atoms with van der Waals surface area (Å²) in [7, 11) is 2.99. The van der Waals surface area contributed by atoms with E-state index in [1.165, 1.54) is 14.0 Å². The van der Waals surface area contributed by atoms with E-state index in [0.29, 0.717) is 85.8 Å². The predicted octanol–water partition coefficient (Wildman–Crippen LogP) is 9.47. The van der Waals surface area contributed by atoms with Crippen LogP contribution in [0.3, 0.4) is 0 Å². The lowest BCUT2D eigenvalue weighted by atomic mass is 9.95. The lowest BCUT2D eigenvalue weighted by molar-refractivity contribution is -0.148. The van der Waals surface area contributed by atoms with Crippen LogP contribution in [0, 0.1) is 37.9 Å². The normalized spacial score (nSPS) is 11.9. The van der Waals surface area contributed by atoms with Gasteiger partial charge in [-0.05, 0) is 112 Å². The highest BCUT2D eigenvalue weighted by molar-refractivity contribution is 5.98. The van der Waals surface area contributed by atoms with Gasteiger partial charge >= 0.3 is 17.9 Å². The molecule has 0 aromatic heterocycles. The van der Waals surface area contributed by atoms with Crippen LogP contribution < -0.4 is 58.5 Å². The molecule has 35 nitrogen and oxygen atoms in total. The summed E-state index contributed by atoms with van der Waals surface area (Å²) < 4.78 is 23.8. The molecule has 12 amide bonds. The maximum atomic E-state index is 12.9. The molecular formula is C105H155N13O22. The van der Waals surface area contributed by atoms with Crippen molar-refractivity contribution in [1.29, 1.82) is 0 Å². The lowest BCUT2D eigenvalue weighted by Gasteiger charge is -2.37. The van der Waals surface area contributed by atoms with Crippen molar-refractivity contribution in [3.8, 4) is 0 Å². The third-order valence-corrected chi connectivity index (χ3v) is 19.7. The van der Waals surface area contributed by atoms with Gasteiger partial charge in [-0.3, -0.25) is 67.2 Å². The van der Waals surface area contributed by atoms with Gasteiger partial charge < -0.3 is 97.3 Å². The van der Waals surface area contributed by atoms with E-state index >= 15 is 0 Å². The third-order valence-electron chi connectivity index (χ3n) is 19.7. The molecular weight excluding hydrogens is 1800 g/mol. The van der Waals surface area contributed by atoms with Crippen LogP contribution in [0.15, 0.2) is 146 Å². The standard InChI is InChI=1S/C22H35N3O2.C18H26N2O5.C17H24N2O5.C17H24N2O4.C16H24N2O3.C15H22N2O3/c1-21(2,3)16-24-10-12-25(13-11-24)19(26)18-9-7-8-17(14-18)15-23-20(27)22(4,5)6;1-18(2,3)17(23)20-11-13-6-5-7-14(10-13)16(22)19-8-9-25-15(21)12-24-4;1-17(2,3)16(23)19-10-12-5-4-6-13(9-12)15(22)18-7-8-24-14(21)11-20;1-12(20)23-9-8-18-15(21)14-7-5-6-13(10-14)11-19-16(22)17(2,3)4;1-16(2,3)15(20)18-11-12-6-5-7-13(10-12)14(19)17-8-9-21-4;1-15(2,3)14(20)17-10-11-5-4-6-12(9-11)13(19)16-7-8-18/h7-9,14H,10-13,15-16H2,1-6H3,(H,23,27);5-7,10H,8-9,11-12H2,1-4H3,(H,19,22)(H,20,23);4-6,9,20H,7-8,10-11H2,1-3H3,(H,18,22)(H,19,23);5-7,10H,8-9,11H2,1-4H3,(H,18,21)(H,19,22);5-7,10H,8-9,11H2,1-4H3,(H,17,19)(H,18,20);4-6,9,18H,7-8,10H2,1-3H3,(H,16,19)(H,17,20). The van der Waals surface area contributed by atoms with Gasteiger partial charge in [0.1, 0.15) is 33.0 Å². The van der Waals surface area contributed by atoms with Crippen LogP contribution in [0.5, 0.6) is 0 Å². The molecule has 13 N–H and O–H groups in total. The van der Waals surface area contributed by atoms with Gasteiger partial charge in [-0.15, -0.1) is 0 Å². The van der Waals surface area contributed by atoms with Crippen LogP contribution >= 0.6 is 0 Å². The van der Waals surface area contributed by atoms with Crippen molar-refractivity contribution in [3.05, 3.63) is 212 Å². The quantitative estimate of drug-likeness (QED) is 0.00988. The van der Waals surface area contributed by atoms with Crippen LogP contribution in [0.1, 0.15) is 248 Å². The molecule has 6 aromatic rings. The Morgan fingerprint density at radius 1 is 0.300 bits per heavy atom. The van der Waals surface area contributed by atoms with Gasteiger partial charge in [0.2, 0.25) is 35.4 Å². The van der Waals surface area contributed by atoms with Crippen molar-refractivity contribution in [3.63, 3.8) is 0 Å². The van der Waals surface area contributed by atoms with Crippen molar-refractivity contribution >= 4 is 88.8 Å². The summed E-state index contributed by atoms with van der Waals surface area (Å²) in [6.07, 6.45) is 0. The van der Waals surface area contributed by atoms with Gasteiger partial charge in [0.15, 0.2) is 0 Å². The van der Waals surface area contributed by atoms with E-state index in [4.69, 9.17) is 24.4 Å². The number of carbonyl (C=O) groups is 15. The summed E-state index contributed by atoms with van der Waals surface area (Å²) in [4.78, 5) is 181. The highest BCUT2D eigenvalue weighted by Gasteiger charge is 2.29. The summed E-state index contributed by atoms with van der Waals surface area (Å²) in [6, 6.07) is 42.8. The van der Waals surface area contributed by atoms with Gasteiger partial charge in [-0.1, -0.05) is 218 Å². The fraction of sp³-hybridized carbons (Fsp3) is 0.514. The number of nitrogens with zero attached hydrogens (tertiary/aromatic N) is 2. The Morgan fingerprint density at radius 2 is 0.543 bits per heavy atom. The Balaban J connectivity index is 0.000000570. The molecule has 0 unspecified atom stereocenters. The zero-order valence-corrected chi connectivity index (χ0v) is 86.6. The maximum absolute atomic E-state index is 12.9. The van der Waals surface area contributed by atoms with Crippen molar-refractivity contribution < 1.29 is 106 Å². The van der Waals surface area contributed by atoms with Gasteiger partial charge in [-0.2, -0.15) is 0 Å². The minimum absolute atomic E-state index is 0.00748. The molecule has 140 heavy (non-hydrogen) atoms. The first-order valence-electron chi connectivity index (χ1n) is 46.6. The number of aliphatic hydroxyl groups excluding tert-OH is 2. The average Bonchev–Trinajstić information content (AvgIpc) is 0.831. The second kappa shape index (κ2) is 61.6.